The molecule has 0 spiro atoms. The Hall–Kier alpha value is -1.90. The normalized spacial score (nSPS) is 10.1. The van der Waals surface area contributed by atoms with Crippen molar-refractivity contribution in [1.82, 2.24) is 9.97 Å². The molecule has 0 fully saturated rings. The molecule has 0 bridgehead atoms. The Morgan fingerprint density at radius 2 is 2.07 bits per heavy atom. The third-order valence-corrected chi connectivity index (χ3v) is 2.10. The number of aromatic nitrogens is 2. The van der Waals surface area contributed by atoms with Crippen molar-refractivity contribution in [3.05, 3.63) is 43.1 Å². The first-order chi connectivity index (χ1) is 7.40. The van der Waals surface area contributed by atoms with Crippen LogP contribution in [0.15, 0.2) is 43.1 Å². The second-order valence-electron chi connectivity index (χ2n) is 3.25. The maximum atomic E-state index is 4.44. The number of benzene rings is 1. The van der Waals surface area contributed by atoms with Gasteiger partial charge in [-0.2, -0.15) is 0 Å². The molecular weight excluding hydrogens is 186 g/mol. The van der Waals surface area contributed by atoms with E-state index in [4.69, 9.17) is 0 Å². The van der Waals surface area contributed by atoms with Crippen molar-refractivity contribution in [2.24, 2.45) is 0 Å². The van der Waals surface area contributed by atoms with Gasteiger partial charge < -0.3 is 5.32 Å². The molecule has 1 N–H and O–H groups in total. The standard InChI is InChI=1S/C12H13N3/c1-2-3-8-13-12-9-14-10-6-4-5-7-11(10)15-12/h2,4-7,9H,1,3,8H2,(H,13,15). The lowest BCUT2D eigenvalue weighted by Gasteiger charge is -2.03. The van der Waals surface area contributed by atoms with E-state index < -0.39 is 0 Å². The molecular formula is C12H13N3. The summed E-state index contributed by atoms with van der Waals surface area (Å²) in [5, 5.41) is 3.19. The monoisotopic (exact) mass is 199 g/mol. The highest BCUT2D eigenvalue weighted by atomic mass is 15.0. The van der Waals surface area contributed by atoms with Crippen LogP contribution in [0.3, 0.4) is 0 Å². The number of para-hydroxylation sites is 2. The van der Waals surface area contributed by atoms with Gasteiger partial charge in [-0.25, -0.2) is 4.98 Å². The molecule has 3 heteroatoms. The predicted molar refractivity (Wildman–Crippen MR) is 62.8 cm³/mol. The average molecular weight is 199 g/mol. The zero-order chi connectivity index (χ0) is 10.5. The topological polar surface area (TPSA) is 37.8 Å². The summed E-state index contributed by atoms with van der Waals surface area (Å²) >= 11 is 0. The Bertz CT molecular complexity index is 465. The number of nitrogens with one attached hydrogen (secondary N) is 1. The Balaban J connectivity index is 2.19. The van der Waals surface area contributed by atoms with Gasteiger partial charge in [-0.05, 0) is 18.6 Å². The van der Waals surface area contributed by atoms with E-state index in [1.54, 1.807) is 6.20 Å². The number of nitrogens with zero attached hydrogens (tertiary/aromatic N) is 2. The summed E-state index contributed by atoms with van der Waals surface area (Å²) in [5.74, 6) is 0.815. The Kier molecular flexibility index (Phi) is 2.93. The lowest BCUT2D eigenvalue weighted by atomic mass is 10.3. The third-order valence-electron chi connectivity index (χ3n) is 2.10. The molecule has 1 aromatic heterocycles. The highest BCUT2D eigenvalue weighted by Crippen LogP contribution is 2.10. The molecule has 76 valence electrons. The number of hydrogen-bond donors (Lipinski definition) is 1. The fourth-order valence-electron chi connectivity index (χ4n) is 1.34. The summed E-state index contributed by atoms with van der Waals surface area (Å²) in [5.41, 5.74) is 1.84. The number of anilines is 1. The summed E-state index contributed by atoms with van der Waals surface area (Å²) in [7, 11) is 0. The minimum Gasteiger partial charge on any atom is -0.368 e. The van der Waals surface area contributed by atoms with Gasteiger partial charge in [0.25, 0.3) is 0 Å². The van der Waals surface area contributed by atoms with Crippen molar-refractivity contribution >= 4 is 16.9 Å². The van der Waals surface area contributed by atoms with Gasteiger partial charge >= 0.3 is 0 Å². The Morgan fingerprint density at radius 3 is 2.87 bits per heavy atom. The Labute approximate surface area is 88.9 Å². The first-order valence-electron chi connectivity index (χ1n) is 4.97. The van der Waals surface area contributed by atoms with Crippen LogP contribution in [0.1, 0.15) is 6.42 Å². The number of rotatable bonds is 4. The zero-order valence-corrected chi connectivity index (χ0v) is 8.48. The van der Waals surface area contributed by atoms with Crippen LogP contribution in [0.4, 0.5) is 5.82 Å². The van der Waals surface area contributed by atoms with E-state index in [1.807, 2.05) is 30.3 Å². The second kappa shape index (κ2) is 4.55. The van der Waals surface area contributed by atoms with E-state index in [0.29, 0.717) is 0 Å². The molecule has 3 nitrogen and oxygen atoms in total. The molecule has 0 aliphatic rings. The summed E-state index contributed by atoms with van der Waals surface area (Å²) in [4.78, 5) is 8.75. The molecule has 2 rings (SSSR count). The van der Waals surface area contributed by atoms with Crippen LogP contribution in [-0.4, -0.2) is 16.5 Å². The largest absolute Gasteiger partial charge is 0.368 e. The summed E-state index contributed by atoms with van der Waals surface area (Å²) in [6, 6.07) is 7.84. The van der Waals surface area contributed by atoms with Gasteiger partial charge in [0.15, 0.2) is 0 Å². The molecule has 0 saturated carbocycles. The summed E-state index contributed by atoms with van der Waals surface area (Å²) < 4.78 is 0. The van der Waals surface area contributed by atoms with Crippen molar-refractivity contribution in [2.75, 3.05) is 11.9 Å². The van der Waals surface area contributed by atoms with Crippen LogP contribution in [0.25, 0.3) is 11.0 Å². The molecule has 0 saturated heterocycles. The summed E-state index contributed by atoms with van der Waals surface area (Å²) in [6.45, 7) is 4.51. The fourth-order valence-corrected chi connectivity index (χ4v) is 1.34. The van der Waals surface area contributed by atoms with Crippen LogP contribution >= 0.6 is 0 Å². The van der Waals surface area contributed by atoms with Crippen molar-refractivity contribution in [1.29, 1.82) is 0 Å². The van der Waals surface area contributed by atoms with Gasteiger partial charge in [0.1, 0.15) is 5.82 Å². The lowest BCUT2D eigenvalue weighted by Crippen LogP contribution is -2.02. The van der Waals surface area contributed by atoms with Crippen molar-refractivity contribution in [3.63, 3.8) is 0 Å². The molecule has 0 aliphatic carbocycles. The van der Waals surface area contributed by atoms with Crippen LogP contribution in [0.5, 0.6) is 0 Å². The quantitative estimate of drug-likeness (QED) is 0.607. The smallest absolute Gasteiger partial charge is 0.145 e. The van der Waals surface area contributed by atoms with E-state index in [9.17, 15) is 0 Å². The molecule has 0 radical (unpaired) electrons. The van der Waals surface area contributed by atoms with Crippen LogP contribution in [0.2, 0.25) is 0 Å². The van der Waals surface area contributed by atoms with Gasteiger partial charge in [0.2, 0.25) is 0 Å². The second-order valence-corrected chi connectivity index (χ2v) is 3.25. The van der Waals surface area contributed by atoms with E-state index in [1.165, 1.54) is 0 Å². The maximum Gasteiger partial charge on any atom is 0.145 e. The van der Waals surface area contributed by atoms with E-state index >= 15 is 0 Å². The minimum absolute atomic E-state index is 0.815. The number of hydrogen-bond acceptors (Lipinski definition) is 3. The Morgan fingerprint density at radius 1 is 1.27 bits per heavy atom. The highest BCUT2D eigenvalue weighted by Gasteiger charge is 1.97. The van der Waals surface area contributed by atoms with Gasteiger partial charge in [-0.15, -0.1) is 6.58 Å². The van der Waals surface area contributed by atoms with Crippen LogP contribution in [0, 0.1) is 0 Å². The molecule has 2 aromatic rings. The minimum atomic E-state index is 0.815. The van der Waals surface area contributed by atoms with E-state index in [0.717, 1.165) is 29.8 Å². The van der Waals surface area contributed by atoms with Gasteiger partial charge in [0, 0.05) is 6.54 Å². The first-order valence-corrected chi connectivity index (χ1v) is 4.97. The molecule has 1 aromatic carbocycles. The number of fused-ring (bicyclic) bond motifs is 1. The van der Waals surface area contributed by atoms with Gasteiger partial charge in [0.05, 0.1) is 17.2 Å². The zero-order valence-electron chi connectivity index (χ0n) is 8.48. The highest BCUT2D eigenvalue weighted by molar-refractivity contribution is 5.75. The van der Waals surface area contributed by atoms with Gasteiger partial charge in [-0.1, -0.05) is 18.2 Å². The molecule has 0 aliphatic heterocycles. The van der Waals surface area contributed by atoms with Gasteiger partial charge in [-0.3, -0.25) is 4.98 Å². The fraction of sp³-hybridized carbons (Fsp3) is 0.167. The van der Waals surface area contributed by atoms with Crippen LogP contribution in [-0.2, 0) is 0 Å². The van der Waals surface area contributed by atoms with E-state index in [-0.39, 0.29) is 0 Å². The van der Waals surface area contributed by atoms with Crippen molar-refractivity contribution in [3.8, 4) is 0 Å². The molecule has 0 atom stereocenters. The SMILES string of the molecule is C=CCCNc1cnc2ccccc2n1. The third kappa shape index (κ3) is 2.31. The molecule has 1 heterocycles. The molecule has 0 amide bonds. The van der Waals surface area contributed by atoms with Crippen LogP contribution < -0.4 is 5.32 Å². The predicted octanol–water partition coefficient (Wildman–Crippen LogP) is 2.62. The summed E-state index contributed by atoms with van der Waals surface area (Å²) in [6.07, 6.45) is 4.56. The first kappa shape index (κ1) is 9.65. The van der Waals surface area contributed by atoms with Crippen molar-refractivity contribution in [2.45, 2.75) is 6.42 Å². The maximum absolute atomic E-state index is 4.44. The molecule has 15 heavy (non-hydrogen) atoms. The van der Waals surface area contributed by atoms with Crippen molar-refractivity contribution < 1.29 is 0 Å². The van der Waals surface area contributed by atoms with E-state index in [2.05, 4.69) is 21.9 Å². The molecule has 0 unspecified atom stereocenters. The lowest BCUT2D eigenvalue weighted by molar-refractivity contribution is 1.05. The average Bonchev–Trinajstić information content (AvgIpc) is 2.29.